The largest absolute Gasteiger partial charge is 0.497 e. The lowest BCUT2D eigenvalue weighted by Gasteiger charge is -2.14. The Morgan fingerprint density at radius 3 is 2.42 bits per heavy atom. The lowest BCUT2D eigenvalue weighted by molar-refractivity contribution is -0.862. The SMILES string of the molecule is COc1cccc(NC(=O)C[NH+](C)CC(=O)NC(=O)NCC(F)(F)F)c1. The Balaban J connectivity index is 2.37. The first-order valence-electron chi connectivity index (χ1n) is 7.48. The summed E-state index contributed by atoms with van der Waals surface area (Å²) in [5, 5.41) is 5.90. The maximum absolute atomic E-state index is 11.9. The molecule has 1 aromatic carbocycles. The van der Waals surface area contributed by atoms with Gasteiger partial charge in [-0.25, -0.2) is 4.79 Å². The standard InChI is InChI=1S/C15H19F3N4O4/c1-22(8-13(24)21-14(25)19-9-15(16,17)18)7-12(23)20-10-4-3-5-11(6-10)26-2/h3-6H,7-9H2,1-2H3,(H,20,23)(H2,19,21,24,25)/p+1. The average molecular weight is 377 g/mol. The molecule has 4 N–H and O–H groups in total. The lowest BCUT2D eigenvalue weighted by atomic mass is 10.3. The normalized spacial score (nSPS) is 12.0. The minimum atomic E-state index is -4.57. The molecule has 0 aliphatic carbocycles. The van der Waals surface area contributed by atoms with Gasteiger partial charge < -0.3 is 20.3 Å². The average Bonchev–Trinajstić information content (AvgIpc) is 2.51. The van der Waals surface area contributed by atoms with Crippen LogP contribution in [0, 0.1) is 0 Å². The zero-order valence-corrected chi connectivity index (χ0v) is 14.2. The Kier molecular flexibility index (Phi) is 7.84. The van der Waals surface area contributed by atoms with Crippen LogP contribution < -0.4 is 25.6 Å². The van der Waals surface area contributed by atoms with Crippen LogP contribution in [0.1, 0.15) is 0 Å². The molecule has 1 rings (SSSR count). The van der Waals surface area contributed by atoms with Gasteiger partial charge in [0.05, 0.1) is 14.2 Å². The predicted octanol–water partition coefficient (Wildman–Crippen LogP) is -0.463. The third-order valence-electron chi connectivity index (χ3n) is 2.98. The molecule has 1 unspecified atom stereocenters. The maximum atomic E-state index is 11.9. The van der Waals surface area contributed by atoms with E-state index in [0.29, 0.717) is 16.3 Å². The number of imide groups is 1. The number of halogens is 3. The Bertz CT molecular complexity index is 652. The Hall–Kier alpha value is -2.82. The fraction of sp³-hybridized carbons (Fsp3) is 0.400. The summed E-state index contributed by atoms with van der Waals surface area (Å²) in [5.74, 6) is -0.630. The summed E-state index contributed by atoms with van der Waals surface area (Å²) in [6.07, 6.45) is -4.57. The second-order valence-electron chi connectivity index (χ2n) is 5.44. The molecule has 0 heterocycles. The zero-order valence-electron chi connectivity index (χ0n) is 14.2. The molecule has 0 saturated heterocycles. The molecule has 0 saturated carbocycles. The third kappa shape index (κ3) is 8.87. The Morgan fingerprint density at radius 1 is 1.15 bits per heavy atom. The summed E-state index contributed by atoms with van der Waals surface area (Å²) in [5.41, 5.74) is 0.512. The molecule has 0 aromatic heterocycles. The van der Waals surface area contributed by atoms with Gasteiger partial charge in [0.1, 0.15) is 12.3 Å². The minimum Gasteiger partial charge on any atom is -0.497 e. The van der Waals surface area contributed by atoms with Crippen LogP contribution in [0.3, 0.4) is 0 Å². The predicted molar refractivity (Wildman–Crippen MR) is 85.8 cm³/mol. The van der Waals surface area contributed by atoms with E-state index in [-0.39, 0.29) is 19.0 Å². The van der Waals surface area contributed by atoms with Gasteiger partial charge in [0.15, 0.2) is 13.1 Å². The number of urea groups is 1. The smallest absolute Gasteiger partial charge is 0.405 e. The molecule has 1 aromatic rings. The van der Waals surface area contributed by atoms with Crippen LogP contribution in [-0.4, -0.2) is 57.8 Å². The van der Waals surface area contributed by atoms with Gasteiger partial charge in [0.2, 0.25) is 0 Å². The van der Waals surface area contributed by atoms with Crippen LogP contribution in [0.25, 0.3) is 0 Å². The number of hydrogen-bond acceptors (Lipinski definition) is 4. The van der Waals surface area contributed by atoms with Crippen molar-refractivity contribution < 1.29 is 37.2 Å². The second kappa shape index (κ2) is 9.61. The maximum Gasteiger partial charge on any atom is 0.405 e. The Morgan fingerprint density at radius 2 is 1.81 bits per heavy atom. The monoisotopic (exact) mass is 377 g/mol. The number of amides is 4. The highest BCUT2D eigenvalue weighted by molar-refractivity contribution is 5.95. The number of benzene rings is 1. The quantitative estimate of drug-likeness (QED) is 0.516. The number of carbonyl (C=O) groups excluding carboxylic acids is 3. The number of nitrogens with one attached hydrogen (secondary N) is 4. The van der Waals surface area contributed by atoms with E-state index in [1.54, 1.807) is 29.6 Å². The van der Waals surface area contributed by atoms with Crippen molar-refractivity contribution >= 4 is 23.5 Å². The molecule has 26 heavy (non-hydrogen) atoms. The summed E-state index contributed by atoms with van der Waals surface area (Å²) in [6, 6.07) is 5.43. The van der Waals surface area contributed by atoms with Gasteiger partial charge in [-0.1, -0.05) is 6.07 Å². The highest BCUT2D eigenvalue weighted by atomic mass is 19.4. The molecule has 0 spiro atoms. The van der Waals surface area contributed by atoms with Crippen molar-refractivity contribution in [1.29, 1.82) is 0 Å². The molecule has 8 nitrogen and oxygen atoms in total. The molecule has 0 aliphatic rings. The van der Waals surface area contributed by atoms with Gasteiger partial charge in [0, 0.05) is 11.8 Å². The van der Waals surface area contributed by atoms with Crippen LogP contribution in [0.15, 0.2) is 24.3 Å². The summed E-state index contributed by atoms with van der Waals surface area (Å²) in [6.45, 7) is -1.91. The number of hydrogen-bond donors (Lipinski definition) is 4. The van der Waals surface area contributed by atoms with E-state index in [1.807, 2.05) is 0 Å². The number of quaternary nitrogens is 1. The van der Waals surface area contributed by atoms with Gasteiger partial charge in [-0.2, -0.15) is 13.2 Å². The highest BCUT2D eigenvalue weighted by Crippen LogP contribution is 2.16. The third-order valence-corrected chi connectivity index (χ3v) is 2.98. The van der Waals surface area contributed by atoms with Crippen LogP contribution >= 0.6 is 0 Å². The molecule has 11 heteroatoms. The molecular weight excluding hydrogens is 357 g/mol. The molecule has 0 fully saturated rings. The van der Waals surface area contributed by atoms with E-state index < -0.39 is 24.7 Å². The summed E-state index contributed by atoms with van der Waals surface area (Å²) in [7, 11) is 3.01. The van der Waals surface area contributed by atoms with Crippen molar-refractivity contribution in [3.8, 4) is 5.75 Å². The van der Waals surface area contributed by atoms with E-state index >= 15 is 0 Å². The molecule has 0 bridgehead atoms. The van der Waals surface area contributed by atoms with Crippen LogP contribution in [0.2, 0.25) is 0 Å². The summed E-state index contributed by atoms with van der Waals surface area (Å²) in [4.78, 5) is 35.1. The van der Waals surface area contributed by atoms with Crippen molar-refractivity contribution in [2.75, 3.05) is 39.1 Å². The van der Waals surface area contributed by atoms with Crippen molar-refractivity contribution in [1.82, 2.24) is 10.6 Å². The topological polar surface area (TPSA) is 101 Å². The van der Waals surface area contributed by atoms with Crippen LogP contribution in [-0.2, 0) is 9.59 Å². The van der Waals surface area contributed by atoms with Crippen molar-refractivity contribution in [3.05, 3.63) is 24.3 Å². The second-order valence-corrected chi connectivity index (χ2v) is 5.44. The van der Waals surface area contributed by atoms with Crippen LogP contribution in [0.5, 0.6) is 5.75 Å². The number of alkyl halides is 3. The van der Waals surface area contributed by atoms with Gasteiger partial charge in [-0.3, -0.25) is 14.9 Å². The minimum absolute atomic E-state index is 0.0885. The fourth-order valence-electron chi connectivity index (χ4n) is 1.91. The summed E-state index contributed by atoms with van der Waals surface area (Å²) < 4.78 is 40.9. The lowest BCUT2D eigenvalue weighted by Crippen LogP contribution is -3.11. The van der Waals surface area contributed by atoms with Gasteiger partial charge in [0.25, 0.3) is 11.8 Å². The first-order chi connectivity index (χ1) is 12.1. The molecule has 0 aliphatic heterocycles. The first-order valence-corrected chi connectivity index (χ1v) is 7.48. The number of rotatable bonds is 7. The number of likely N-dealkylation sites (N-methyl/N-ethyl adjacent to an activating group) is 1. The van der Waals surface area contributed by atoms with Gasteiger partial charge >= 0.3 is 12.2 Å². The van der Waals surface area contributed by atoms with Crippen molar-refractivity contribution in [3.63, 3.8) is 0 Å². The molecule has 144 valence electrons. The van der Waals surface area contributed by atoms with E-state index in [4.69, 9.17) is 4.74 Å². The molecule has 1 atom stereocenters. The van der Waals surface area contributed by atoms with E-state index in [1.165, 1.54) is 19.5 Å². The Labute approximate surface area is 147 Å². The number of carbonyl (C=O) groups is 3. The van der Waals surface area contributed by atoms with Crippen molar-refractivity contribution in [2.24, 2.45) is 0 Å². The van der Waals surface area contributed by atoms with Crippen molar-refractivity contribution in [2.45, 2.75) is 6.18 Å². The van der Waals surface area contributed by atoms with Crippen LogP contribution in [0.4, 0.5) is 23.7 Å². The van der Waals surface area contributed by atoms with E-state index in [2.05, 4.69) is 5.32 Å². The van der Waals surface area contributed by atoms with E-state index in [0.717, 1.165) is 0 Å². The highest BCUT2D eigenvalue weighted by Gasteiger charge is 2.28. The molecule has 0 radical (unpaired) electrons. The fourth-order valence-corrected chi connectivity index (χ4v) is 1.91. The molecule has 4 amide bonds. The number of ether oxygens (including phenoxy) is 1. The zero-order chi connectivity index (χ0) is 19.7. The summed E-state index contributed by atoms with van der Waals surface area (Å²) >= 11 is 0. The molecular formula is C15H20F3N4O4+. The number of anilines is 1. The number of methoxy groups -OCH3 is 1. The van der Waals surface area contributed by atoms with Gasteiger partial charge in [-0.05, 0) is 12.1 Å². The first kappa shape index (κ1) is 21.2. The van der Waals surface area contributed by atoms with Gasteiger partial charge in [-0.15, -0.1) is 0 Å². The van der Waals surface area contributed by atoms with E-state index in [9.17, 15) is 27.6 Å².